The van der Waals surface area contributed by atoms with E-state index in [1.54, 1.807) is 14.0 Å². The lowest BCUT2D eigenvalue weighted by Gasteiger charge is -2.18. The van der Waals surface area contributed by atoms with Crippen LogP contribution < -0.4 is 4.31 Å². The summed E-state index contributed by atoms with van der Waals surface area (Å²) in [5, 5.41) is 3.90. The monoisotopic (exact) mass is 346 g/mol. The molecular weight excluding hydrogens is 333 g/mol. The smallest absolute Gasteiger partial charge is 0.272 e. The lowest BCUT2D eigenvalue weighted by molar-refractivity contribution is -0.137. The summed E-state index contributed by atoms with van der Waals surface area (Å²) in [6.07, 6.45) is -2.44. The van der Waals surface area contributed by atoms with Gasteiger partial charge in [-0.1, -0.05) is 0 Å². The van der Waals surface area contributed by atoms with E-state index in [-0.39, 0.29) is 29.2 Å². The Morgan fingerprint density at radius 1 is 1.26 bits per heavy atom. The molecule has 6 nitrogen and oxygen atoms in total. The molecule has 1 aliphatic rings. The molecule has 0 fully saturated rings. The van der Waals surface area contributed by atoms with Crippen LogP contribution in [0.15, 0.2) is 23.4 Å². The van der Waals surface area contributed by atoms with Crippen molar-refractivity contribution in [2.75, 3.05) is 10.8 Å². The summed E-state index contributed by atoms with van der Waals surface area (Å²) < 4.78 is 66.1. The molecule has 0 aliphatic carbocycles. The van der Waals surface area contributed by atoms with E-state index in [1.165, 1.54) is 10.9 Å². The lowest BCUT2D eigenvalue weighted by atomic mass is 10.1. The van der Waals surface area contributed by atoms with E-state index in [1.807, 2.05) is 0 Å². The molecule has 0 amide bonds. The molecule has 3 rings (SSSR count). The number of nitrogens with zero attached hydrogens (tertiary/aromatic N) is 4. The van der Waals surface area contributed by atoms with Crippen LogP contribution >= 0.6 is 0 Å². The zero-order chi connectivity index (χ0) is 17.0. The summed E-state index contributed by atoms with van der Waals surface area (Å²) in [7, 11) is -2.29. The fourth-order valence-electron chi connectivity index (χ4n) is 2.48. The van der Waals surface area contributed by atoms with E-state index in [0.717, 1.165) is 10.4 Å². The van der Waals surface area contributed by atoms with Crippen LogP contribution in [0.4, 0.5) is 19.0 Å². The summed E-state index contributed by atoms with van der Waals surface area (Å²) in [5.41, 5.74) is -0.164. The number of aromatic nitrogens is 3. The van der Waals surface area contributed by atoms with Gasteiger partial charge < -0.3 is 0 Å². The van der Waals surface area contributed by atoms with Crippen molar-refractivity contribution in [3.63, 3.8) is 0 Å². The average Bonchev–Trinajstić information content (AvgIpc) is 3.02. The van der Waals surface area contributed by atoms with Crippen LogP contribution in [0.2, 0.25) is 0 Å². The second-order valence-corrected chi connectivity index (χ2v) is 7.08. The molecule has 0 N–H and O–H groups in total. The second-order valence-electron chi connectivity index (χ2n) is 5.25. The first-order valence-corrected chi connectivity index (χ1v) is 8.14. The van der Waals surface area contributed by atoms with Gasteiger partial charge in [-0.05, 0) is 25.0 Å². The number of anilines is 1. The number of hydrogen-bond donors (Lipinski definition) is 0. The number of alkyl halides is 3. The maximum Gasteiger partial charge on any atom is 0.417 e. The van der Waals surface area contributed by atoms with Crippen LogP contribution in [-0.4, -0.2) is 29.7 Å². The summed E-state index contributed by atoms with van der Waals surface area (Å²) >= 11 is 0. The predicted octanol–water partition coefficient (Wildman–Crippen LogP) is 1.89. The van der Waals surface area contributed by atoms with Crippen molar-refractivity contribution in [1.82, 2.24) is 14.8 Å². The summed E-state index contributed by atoms with van der Waals surface area (Å²) in [6, 6.07) is 0.952. The van der Waals surface area contributed by atoms with Gasteiger partial charge in [0.2, 0.25) is 0 Å². The summed E-state index contributed by atoms with van der Waals surface area (Å²) in [6.45, 7) is 1.66. The third-order valence-corrected chi connectivity index (χ3v) is 5.74. The molecule has 0 atom stereocenters. The normalized spacial score (nSPS) is 15.1. The van der Waals surface area contributed by atoms with Crippen molar-refractivity contribution >= 4 is 15.8 Å². The average molecular weight is 346 g/mol. The van der Waals surface area contributed by atoms with Gasteiger partial charge in [0.1, 0.15) is 10.7 Å². The minimum Gasteiger partial charge on any atom is -0.272 e. The van der Waals surface area contributed by atoms with E-state index in [4.69, 9.17) is 0 Å². The van der Waals surface area contributed by atoms with Gasteiger partial charge in [0.05, 0.1) is 17.5 Å². The Balaban J connectivity index is 2.04. The highest BCUT2D eigenvalue weighted by atomic mass is 32.2. The number of aryl methyl sites for hydroxylation is 1. The molecule has 0 saturated carbocycles. The topological polar surface area (TPSA) is 68.1 Å². The molecule has 3 heterocycles. The van der Waals surface area contributed by atoms with Crippen molar-refractivity contribution in [2.24, 2.45) is 7.05 Å². The Hall–Kier alpha value is -2.10. The van der Waals surface area contributed by atoms with Gasteiger partial charge in [-0.3, -0.25) is 4.68 Å². The number of halogens is 3. The van der Waals surface area contributed by atoms with Crippen molar-refractivity contribution in [2.45, 2.75) is 24.4 Å². The highest BCUT2D eigenvalue weighted by Gasteiger charge is 2.37. The molecule has 10 heteroatoms. The zero-order valence-corrected chi connectivity index (χ0v) is 13.1. The third-order valence-electron chi connectivity index (χ3n) is 3.85. The summed E-state index contributed by atoms with van der Waals surface area (Å²) in [5.74, 6) is 0.0428. The molecule has 124 valence electrons. The maximum absolute atomic E-state index is 12.7. The fraction of sp³-hybridized carbons (Fsp3) is 0.385. The number of fused-ring (bicyclic) bond motifs is 1. The minimum atomic E-state index is -4.51. The van der Waals surface area contributed by atoms with Crippen LogP contribution in [-0.2, 0) is 29.7 Å². The molecule has 2 aromatic heterocycles. The number of pyridine rings is 1. The van der Waals surface area contributed by atoms with Gasteiger partial charge in [0, 0.05) is 19.8 Å². The number of hydrogen-bond acceptors (Lipinski definition) is 4. The highest BCUT2D eigenvalue weighted by Crippen LogP contribution is 2.36. The number of sulfonamides is 1. The third kappa shape index (κ3) is 2.46. The van der Waals surface area contributed by atoms with Gasteiger partial charge in [-0.15, -0.1) is 0 Å². The van der Waals surface area contributed by atoms with Gasteiger partial charge >= 0.3 is 6.18 Å². The fourth-order valence-corrected chi connectivity index (χ4v) is 4.13. The summed E-state index contributed by atoms with van der Waals surface area (Å²) in [4.78, 5) is 3.76. The molecule has 0 radical (unpaired) electrons. The molecule has 0 aromatic carbocycles. The SMILES string of the molecule is Cc1c(S(=O)(=O)N2CCc3cc(C(F)(F)F)cnc32)cnn1C. The van der Waals surface area contributed by atoms with Gasteiger partial charge in [-0.25, -0.2) is 17.7 Å². The van der Waals surface area contributed by atoms with E-state index in [0.29, 0.717) is 11.9 Å². The predicted molar refractivity (Wildman–Crippen MR) is 75.4 cm³/mol. The van der Waals surface area contributed by atoms with Crippen molar-refractivity contribution in [3.8, 4) is 0 Å². The minimum absolute atomic E-state index is 0.0227. The maximum atomic E-state index is 12.7. The molecule has 0 saturated heterocycles. The van der Waals surface area contributed by atoms with E-state index in [2.05, 4.69) is 10.1 Å². The van der Waals surface area contributed by atoms with Crippen LogP contribution in [0.25, 0.3) is 0 Å². The molecular formula is C13H13F3N4O2S. The molecule has 23 heavy (non-hydrogen) atoms. The lowest BCUT2D eigenvalue weighted by Crippen LogP contribution is -2.30. The van der Waals surface area contributed by atoms with Crippen molar-refractivity contribution in [3.05, 3.63) is 35.3 Å². The quantitative estimate of drug-likeness (QED) is 0.833. The van der Waals surface area contributed by atoms with Crippen molar-refractivity contribution < 1.29 is 21.6 Å². The van der Waals surface area contributed by atoms with E-state index < -0.39 is 21.8 Å². The first kappa shape index (κ1) is 15.8. The largest absolute Gasteiger partial charge is 0.417 e. The Kier molecular flexibility index (Phi) is 3.40. The Morgan fingerprint density at radius 2 is 1.96 bits per heavy atom. The van der Waals surface area contributed by atoms with Crippen LogP contribution in [0.3, 0.4) is 0 Å². The van der Waals surface area contributed by atoms with Crippen LogP contribution in [0.5, 0.6) is 0 Å². The zero-order valence-electron chi connectivity index (χ0n) is 12.3. The molecule has 2 aromatic rings. The number of rotatable bonds is 2. The Labute approximate surface area is 130 Å². The second kappa shape index (κ2) is 4.95. The van der Waals surface area contributed by atoms with Gasteiger partial charge in [-0.2, -0.15) is 18.3 Å². The molecule has 0 bridgehead atoms. The van der Waals surface area contributed by atoms with Crippen LogP contribution in [0.1, 0.15) is 16.8 Å². The first-order chi connectivity index (χ1) is 10.6. The van der Waals surface area contributed by atoms with E-state index in [9.17, 15) is 21.6 Å². The standard InChI is InChI=1S/C13H13F3N4O2S/c1-8-11(7-18-19(8)2)23(21,22)20-4-3-9-5-10(13(14,15)16)6-17-12(9)20/h5-7H,3-4H2,1-2H3. The Bertz CT molecular complexity index is 874. The van der Waals surface area contributed by atoms with Gasteiger partial charge in [0.25, 0.3) is 10.0 Å². The molecule has 0 unspecified atom stereocenters. The van der Waals surface area contributed by atoms with Crippen LogP contribution in [0, 0.1) is 6.92 Å². The molecule has 1 aliphatic heterocycles. The Morgan fingerprint density at radius 3 is 2.52 bits per heavy atom. The molecule has 0 spiro atoms. The van der Waals surface area contributed by atoms with E-state index >= 15 is 0 Å². The van der Waals surface area contributed by atoms with Crippen molar-refractivity contribution in [1.29, 1.82) is 0 Å². The van der Waals surface area contributed by atoms with Gasteiger partial charge in [0.15, 0.2) is 0 Å². The first-order valence-electron chi connectivity index (χ1n) is 6.70. The highest BCUT2D eigenvalue weighted by molar-refractivity contribution is 7.92.